The van der Waals surface area contributed by atoms with E-state index in [9.17, 15) is 9.90 Å². The number of β-amino-alcohol motifs (C(OH)–C–C–N with tert-alkyl or cyclic N) is 1. The maximum Gasteiger partial charge on any atom is 0.244 e. The highest BCUT2D eigenvalue weighted by atomic mass is 16.3. The lowest BCUT2D eigenvalue weighted by molar-refractivity contribution is -0.134. The highest BCUT2D eigenvalue weighted by Crippen LogP contribution is 2.09. The fourth-order valence-electron chi connectivity index (χ4n) is 2.34. The molecular weight excluding hydrogens is 244 g/mol. The molecule has 0 aliphatic carbocycles. The molecule has 0 radical (unpaired) electrons. The van der Waals surface area contributed by atoms with Gasteiger partial charge in [-0.2, -0.15) is 5.10 Å². The number of hydrogen-bond acceptors (Lipinski definition) is 4. The van der Waals surface area contributed by atoms with Crippen molar-refractivity contribution in [2.24, 2.45) is 0 Å². The van der Waals surface area contributed by atoms with E-state index in [0.717, 1.165) is 26.2 Å². The summed E-state index contributed by atoms with van der Waals surface area (Å²) < 4.78 is 1.64. The molecule has 6 heteroatoms. The lowest BCUT2D eigenvalue weighted by atomic mass is 10.1. The number of carbonyl (C=O) groups excluding carboxylic acids is 1. The van der Waals surface area contributed by atoms with Gasteiger partial charge in [-0.3, -0.25) is 14.4 Å². The quantitative estimate of drug-likeness (QED) is 0.820. The first-order chi connectivity index (χ1) is 8.94. The first-order valence-electron chi connectivity index (χ1n) is 6.64. The van der Waals surface area contributed by atoms with E-state index in [2.05, 4.69) is 10.00 Å². The van der Waals surface area contributed by atoms with Crippen LogP contribution in [0.15, 0.2) is 18.5 Å². The molecule has 19 heavy (non-hydrogen) atoms. The highest BCUT2D eigenvalue weighted by Gasteiger charge is 2.24. The van der Waals surface area contributed by atoms with Gasteiger partial charge in [0.1, 0.15) is 6.54 Å². The number of hydrogen-bond donors (Lipinski definition) is 1. The fourth-order valence-corrected chi connectivity index (χ4v) is 2.34. The molecule has 6 nitrogen and oxygen atoms in total. The van der Waals surface area contributed by atoms with Crippen LogP contribution in [0.1, 0.15) is 13.8 Å². The Labute approximate surface area is 113 Å². The molecule has 1 N–H and O–H groups in total. The summed E-state index contributed by atoms with van der Waals surface area (Å²) in [5, 5.41) is 13.8. The molecule has 0 atom stereocenters. The molecule has 0 spiro atoms. The molecule has 1 aromatic heterocycles. The van der Waals surface area contributed by atoms with Crippen LogP contribution >= 0.6 is 0 Å². The van der Waals surface area contributed by atoms with Crippen molar-refractivity contribution in [3.63, 3.8) is 0 Å². The van der Waals surface area contributed by atoms with E-state index in [1.807, 2.05) is 24.8 Å². The summed E-state index contributed by atoms with van der Waals surface area (Å²) in [5.74, 6) is 0.103. The first kappa shape index (κ1) is 14.0. The number of carbonyl (C=O) groups is 1. The fraction of sp³-hybridized carbons (Fsp3) is 0.692. The molecule has 106 valence electrons. The lowest BCUT2D eigenvalue weighted by Crippen LogP contribution is -2.52. The highest BCUT2D eigenvalue weighted by molar-refractivity contribution is 5.76. The van der Waals surface area contributed by atoms with E-state index in [1.54, 1.807) is 17.1 Å². The number of piperazine rings is 1. The summed E-state index contributed by atoms with van der Waals surface area (Å²) in [5.41, 5.74) is -0.679. The molecule has 2 heterocycles. The Morgan fingerprint density at radius 3 is 2.53 bits per heavy atom. The van der Waals surface area contributed by atoms with Crippen molar-refractivity contribution in [2.75, 3.05) is 32.7 Å². The molecule has 0 bridgehead atoms. The predicted octanol–water partition coefficient (Wildman–Crippen LogP) is -0.202. The summed E-state index contributed by atoms with van der Waals surface area (Å²) in [7, 11) is 0. The molecule has 1 aliphatic rings. The van der Waals surface area contributed by atoms with Gasteiger partial charge in [0.15, 0.2) is 0 Å². The topological polar surface area (TPSA) is 61.6 Å². The molecule has 0 saturated carbocycles. The molecule has 0 unspecified atom stereocenters. The summed E-state index contributed by atoms with van der Waals surface area (Å²) in [4.78, 5) is 16.1. The number of aliphatic hydroxyl groups is 1. The average molecular weight is 266 g/mol. The van der Waals surface area contributed by atoms with Crippen LogP contribution in [0, 0.1) is 0 Å². The van der Waals surface area contributed by atoms with Crippen LogP contribution < -0.4 is 0 Å². The Morgan fingerprint density at radius 2 is 2.00 bits per heavy atom. The summed E-state index contributed by atoms with van der Waals surface area (Å²) in [6.45, 7) is 7.63. The van der Waals surface area contributed by atoms with Gasteiger partial charge in [-0.15, -0.1) is 0 Å². The Morgan fingerprint density at radius 1 is 1.32 bits per heavy atom. The third-order valence-electron chi connectivity index (χ3n) is 3.19. The second kappa shape index (κ2) is 5.71. The van der Waals surface area contributed by atoms with Gasteiger partial charge in [0.25, 0.3) is 0 Å². The van der Waals surface area contributed by atoms with Gasteiger partial charge >= 0.3 is 0 Å². The van der Waals surface area contributed by atoms with E-state index < -0.39 is 5.60 Å². The first-order valence-corrected chi connectivity index (χ1v) is 6.64. The molecule has 0 aromatic carbocycles. The summed E-state index contributed by atoms with van der Waals surface area (Å²) in [6.07, 6.45) is 3.47. The smallest absolute Gasteiger partial charge is 0.244 e. The van der Waals surface area contributed by atoms with E-state index in [0.29, 0.717) is 13.1 Å². The average Bonchev–Trinajstić information content (AvgIpc) is 2.80. The van der Waals surface area contributed by atoms with Crippen molar-refractivity contribution in [3.8, 4) is 0 Å². The molecular formula is C13H22N4O2. The Kier molecular flexibility index (Phi) is 4.21. The minimum absolute atomic E-state index is 0.103. The Balaban J connectivity index is 1.78. The van der Waals surface area contributed by atoms with Gasteiger partial charge < -0.3 is 10.0 Å². The number of rotatable bonds is 4. The second-order valence-electron chi connectivity index (χ2n) is 5.67. The number of aromatic nitrogens is 2. The van der Waals surface area contributed by atoms with Crippen molar-refractivity contribution in [1.82, 2.24) is 19.6 Å². The van der Waals surface area contributed by atoms with Crippen LogP contribution in [0.5, 0.6) is 0 Å². The number of nitrogens with zero attached hydrogens (tertiary/aromatic N) is 4. The molecule has 1 aliphatic heterocycles. The molecule has 1 saturated heterocycles. The van der Waals surface area contributed by atoms with Crippen LogP contribution in [0.2, 0.25) is 0 Å². The van der Waals surface area contributed by atoms with Crippen molar-refractivity contribution in [3.05, 3.63) is 18.5 Å². The zero-order valence-electron chi connectivity index (χ0n) is 11.6. The molecule has 1 fully saturated rings. The third-order valence-corrected chi connectivity index (χ3v) is 3.19. The molecule has 1 aromatic rings. The predicted molar refractivity (Wildman–Crippen MR) is 71.5 cm³/mol. The minimum atomic E-state index is -0.679. The normalized spacial score (nSPS) is 17.7. The van der Waals surface area contributed by atoms with Gasteiger partial charge in [0.05, 0.1) is 5.60 Å². The van der Waals surface area contributed by atoms with E-state index in [1.165, 1.54) is 0 Å². The van der Waals surface area contributed by atoms with Crippen LogP contribution in [0.4, 0.5) is 0 Å². The largest absolute Gasteiger partial charge is 0.389 e. The van der Waals surface area contributed by atoms with Crippen LogP contribution in [-0.4, -0.2) is 68.9 Å². The van der Waals surface area contributed by atoms with Gasteiger partial charge in [0, 0.05) is 45.1 Å². The lowest BCUT2D eigenvalue weighted by Gasteiger charge is -2.37. The maximum atomic E-state index is 12.1. The van der Waals surface area contributed by atoms with E-state index in [-0.39, 0.29) is 5.91 Å². The zero-order valence-corrected chi connectivity index (χ0v) is 11.6. The summed E-state index contributed by atoms with van der Waals surface area (Å²) in [6, 6.07) is 1.81. The van der Waals surface area contributed by atoms with Gasteiger partial charge in [-0.25, -0.2) is 0 Å². The zero-order chi connectivity index (χ0) is 13.9. The monoisotopic (exact) mass is 266 g/mol. The molecule has 1 amide bonds. The maximum absolute atomic E-state index is 12.1. The second-order valence-corrected chi connectivity index (χ2v) is 5.67. The Bertz CT molecular complexity index is 403. The van der Waals surface area contributed by atoms with Crippen LogP contribution in [-0.2, 0) is 11.3 Å². The van der Waals surface area contributed by atoms with Crippen molar-refractivity contribution >= 4 is 5.91 Å². The van der Waals surface area contributed by atoms with Gasteiger partial charge in [-0.05, 0) is 19.9 Å². The minimum Gasteiger partial charge on any atom is -0.389 e. The summed E-state index contributed by atoms with van der Waals surface area (Å²) >= 11 is 0. The SMILES string of the molecule is CC(C)(O)CN1CCN(C(=O)Cn2cccn2)CC1. The van der Waals surface area contributed by atoms with Gasteiger partial charge in [-0.1, -0.05) is 0 Å². The van der Waals surface area contributed by atoms with Crippen molar-refractivity contribution in [2.45, 2.75) is 26.0 Å². The van der Waals surface area contributed by atoms with Gasteiger partial charge in [0.2, 0.25) is 5.91 Å². The van der Waals surface area contributed by atoms with Crippen molar-refractivity contribution in [1.29, 1.82) is 0 Å². The third kappa shape index (κ3) is 4.33. The van der Waals surface area contributed by atoms with E-state index in [4.69, 9.17) is 0 Å². The van der Waals surface area contributed by atoms with Crippen molar-refractivity contribution < 1.29 is 9.90 Å². The Hall–Kier alpha value is -1.40. The van der Waals surface area contributed by atoms with Crippen LogP contribution in [0.3, 0.4) is 0 Å². The van der Waals surface area contributed by atoms with Crippen LogP contribution in [0.25, 0.3) is 0 Å². The number of amides is 1. The molecule has 2 rings (SSSR count). The standard InChI is InChI=1S/C13H22N4O2/c1-13(2,19)11-15-6-8-16(9-7-15)12(18)10-17-5-3-4-14-17/h3-5,19H,6-11H2,1-2H3. The van der Waals surface area contributed by atoms with E-state index >= 15 is 0 Å².